The molecular formula is C12H14FNO4. The number of carboxylic acids is 1. The van der Waals surface area contributed by atoms with Gasteiger partial charge in [-0.25, -0.2) is 4.39 Å². The number of rotatable bonds is 5. The van der Waals surface area contributed by atoms with Crippen LogP contribution in [0.15, 0.2) is 18.2 Å². The van der Waals surface area contributed by atoms with E-state index in [2.05, 4.69) is 5.32 Å². The number of aromatic hydroxyl groups is 1. The minimum atomic E-state index is -0.960. The van der Waals surface area contributed by atoms with Crippen LogP contribution in [0.2, 0.25) is 0 Å². The van der Waals surface area contributed by atoms with E-state index >= 15 is 0 Å². The second-order valence-corrected chi connectivity index (χ2v) is 3.92. The maximum absolute atomic E-state index is 13.3. The summed E-state index contributed by atoms with van der Waals surface area (Å²) in [5, 5.41) is 20.4. The molecule has 5 nitrogen and oxygen atoms in total. The Labute approximate surface area is 103 Å². The highest BCUT2D eigenvalue weighted by Gasteiger charge is 2.17. The predicted octanol–water partition coefficient (Wildman–Crippen LogP) is 1.37. The fraction of sp³-hybridized carbons (Fsp3) is 0.333. The number of phenols is 1. The number of carbonyl (C=O) groups excluding carboxylic acids is 1. The molecule has 98 valence electrons. The Morgan fingerprint density at radius 3 is 2.67 bits per heavy atom. The maximum atomic E-state index is 13.3. The van der Waals surface area contributed by atoms with E-state index in [0.717, 1.165) is 6.07 Å². The maximum Gasteiger partial charge on any atom is 0.306 e. The van der Waals surface area contributed by atoms with Gasteiger partial charge < -0.3 is 15.5 Å². The predicted molar refractivity (Wildman–Crippen MR) is 61.8 cm³/mol. The summed E-state index contributed by atoms with van der Waals surface area (Å²) in [6.45, 7) is 1.61. The molecule has 0 aliphatic rings. The third-order valence-corrected chi connectivity index (χ3v) is 2.50. The number of aliphatic carboxylic acids is 1. The number of hydrogen-bond acceptors (Lipinski definition) is 3. The van der Waals surface area contributed by atoms with Gasteiger partial charge in [0, 0.05) is 6.54 Å². The van der Waals surface area contributed by atoms with E-state index in [4.69, 9.17) is 5.11 Å². The Kier molecular flexibility index (Phi) is 4.65. The Balaban J connectivity index is 2.59. The van der Waals surface area contributed by atoms with Gasteiger partial charge in [0.05, 0.1) is 5.92 Å². The highest BCUT2D eigenvalue weighted by atomic mass is 19.1. The lowest BCUT2D eigenvalue weighted by molar-refractivity contribution is -0.141. The first-order valence-corrected chi connectivity index (χ1v) is 5.42. The molecule has 0 aliphatic carbocycles. The van der Waals surface area contributed by atoms with E-state index in [9.17, 15) is 19.1 Å². The number of amides is 1. The second kappa shape index (κ2) is 6.00. The molecule has 0 radical (unpaired) electrons. The van der Waals surface area contributed by atoms with Gasteiger partial charge in [0.1, 0.15) is 17.1 Å². The van der Waals surface area contributed by atoms with Gasteiger partial charge >= 0.3 is 5.97 Å². The summed E-state index contributed by atoms with van der Waals surface area (Å²) in [5.74, 6) is -3.58. The number of carboxylic acid groups (broad SMARTS) is 1. The zero-order chi connectivity index (χ0) is 13.7. The molecule has 0 saturated carbocycles. The zero-order valence-corrected chi connectivity index (χ0v) is 9.81. The monoisotopic (exact) mass is 255 g/mol. The molecule has 1 atom stereocenters. The van der Waals surface area contributed by atoms with Crippen molar-refractivity contribution in [2.75, 3.05) is 6.54 Å². The number of nitrogens with one attached hydrogen (secondary N) is 1. The van der Waals surface area contributed by atoms with Crippen LogP contribution in [0.25, 0.3) is 0 Å². The number of phenolic OH excluding ortho intramolecular Hbond substituents is 1. The lowest BCUT2D eigenvalue weighted by atomic mass is 10.1. The van der Waals surface area contributed by atoms with E-state index in [-0.39, 0.29) is 13.0 Å². The Morgan fingerprint density at radius 1 is 1.44 bits per heavy atom. The van der Waals surface area contributed by atoms with Crippen LogP contribution in [0.5, 0.6) is 5.75 Å². The minimum Gasteiger partial charge on any atom is -0.507 e. The van der Waals surface area contributed by atoms with Crippen molar-refractivity contribution in [1.29, 1.82) is 0 Å². The van der Waals surface area contributed by atoms with Gasteiger partial charge in [0.15, 0.2) is 0 Å². The van der Waals surface area contributed by atoms with E-state index in [0.29, 0.717) is 0 Å². The topological polar surface area (TPSA) is 86.6 Å². The van der Waals surface area contributed by atoms with Gasteiger partial charge in [-0.15, -0.1) is 0 Å². The van der Waals surface area contributed by atoms with Gasteiger partial charge in [-0.2, -0.15) is 0 Å². The quantitative estimate of drug-likeness (QED) is 0.741. The summed E-state index contributed by atoms with van der Waals surface area (Å²) in [6, 6.07) is 3.56. The van der Waals surface area contributed by atoms with Gasteiger partial charge in [-0.1, -0.05) is 13.0 Å². The first kappa shape index (κ1) is 14.0. The van der Waals surface area contributed by atoms with Crippen molar-refractivity contribution in [2.24, 2.45) is 5.92 Å². The molecule has 3 N–H and O–H groups in total. The molecule has 0 spiro atoms. The van der Waals surface area contributed by atoms with Crippen LogP contribution in [0, 0.1) is 11.7 Å². The van der Waals surface area contributed by atoms with Gasteiger partial charge in [0.2, 0.25) is 0 Å². The number of carbonyl (C=O) groups is 2. The van der Waals surface area contributed by atoms with Crippen LogP contribution in [0.3, 0.4) is 0 Å². The SMILES string of the molecule is CC(CCNC(=O)c1c(O)cccc1F)C(=O)O. The van der Waals surface area contributed by atoms with Crippen LogP contribution < -0.4 is 5.32 Å². The van der Waals surface area contributed by atoms with Crippen molar-refractivity contribution < 1.29 is 24.2 Å². The molecule has 0 saturated heterocycles. The molecule has 6 heteroatoms. The van der Waals surface area contributed by atoms with E-state index in [1.165, 1.54) is 19.1 Å². The summed E-state index contributed by atoms with van der Waals surface area (Å²) in [4.78, 5) is 22.1. The summed E-state index contributed by atoms with van der Waals surface area (Å²) < 4.78 is 13.3. The van der Waals surface area contributed by atoms with Crippen molar-refractivity contribution in [2.45, 2.75) is 13.3 Å². The normalized spacial score (nSPS) is 11.9. The summed E-state index contributed by atoms with van der Waals surface area (Å²) in [6.07, 6.45) is 0.232. The van der Waals surface area contributed by atoms with Crippen molar-refractivity contribution in [1.82, 2.24) is 5.32 Å². The summed E-state index contributed by atoms with van der Waals surface area (Å²) >= 11 is 0. The molecule has 0 heterocycles. The van der Waals surface area contributed by atoms with Crippen LogP contribution in [-0.2, 0) is 4.79 Å². The van der Waals surface area contributed by atoms with Crippen molar-refractivity contribution >= 4 is 11.9 Å². The molecule has 1 amide bonds. The van der Waals surface area contributed by atoms with Gasteiger partial charge in [0.25, 0.3) is 5.91 Å². The minimum absolute atomic E-state index is 0.0973. The third-order valence-electron chi connectivity index (χ3n) is 2.50. The largest absolute Gasteiger partial charge is 0.507 e. The molecule has 0 bridgehead atoms. The van der Waals surface area contributed by atoms with E-state index in [1.807, 2.05) is 0 Å². The van der Waals surface area contributed by atoms with Crippen molar-refractivity contribution in [3.8, 4) is 5.75 Å². The van der Waals surface area contributed by atoms with Crippen LogP contribution in [-0.4, -0.2) is 28.6 Å². The average molecular weight is 255 g/mol. The first-order valence-electron chi connectivity index (χ1n) is 5.42. The Hall–Kier alpha value is -2.11. The molecule has 0 aromatic heterocycles. The average Bonchev–Trinajstić information content (AvgIpc) is 2.28. The molecular weight excluding hydrogens is 241 g/mol. The van der Waals surface area contributed by atoms with E-state index < -0.39 is 34.9 Å². The number of benzene rings is 1. The first-order chi connectivity index (χ1) is 8.43. The van der Waals surface area contributed by atoms with Crippen LogP contribution in [0.1, 0.15) is 23.7 Å². The zero-order valence-electron chi connectivity index (χ0n) is 9.81. The number of halogens is 1. The second-order valence-electron chi connectivity index (χ2n) is 3.92. The smallest absolute Gasteiger partial charge is 0.306 e. The van der Waals surface area contributed by atoms with Gasteiger partial charge in [-0.05, 0) is 18.6 Å². The van der Waals surface area contributed by atoms with Crippen LogP contribution in [0.4, 0.5) is 4.39 Å². The molecule has 1 aromatic rings. The van der Waals surface area contributed by atoms with Crippen molar-refractivity contribution in [3.63, 3.8) is 0 Å². The highest BCUT2D eigenvalue weighted by Crippen LogP contribution is 2.19. The van der Waals surface area contributed by atoms with Crippen LogP contribution >= 0.6 is 0 Å². The fourth-order valence-corrected chi connectivity index (χ4v) is 1.35. The Morgan fingerprint density at radius 2 is 2.11 bits per heavy atom. The summed E-state index contributed by atoms with van der Waals surface area (Å²) in [7, 11) is 0. The lowest BCUT2D eigenvalue weighted by Gasteiger charge is -2.09. The van der Waals surface area contributed by atoms with E-state index in [1.54, 1.807) is 0 Å². The highest BCUT2D eigenvalue weighted by molar-refractivity contribution is 5.97. The van der Waals surface area contributed by atoms with Crippen molar-refractivity contribution in [3.05, 3.63) is 29.6 Å². The molecule has 0 fully saturated rings. The molecule has 1 rings (SSSR count). The molecule has 0 aliphatic heterocycles. The Bertz CT molecular complexity index is 441. The fourth-order valence-electron chi connectivity index (χ4n) is 1.35. The number of hydrogen-bond donors (Lipinski definition) is 3. The molecule has 1 unspecified atom stereocenters. The van der Waals surface area contributed by atoms with Gasteiger partial charge in [-0.3, -0.25) is 9.59 Å². The third kappa shape index (κ3) is 3.44. The lowest BCUT2D eigenvalue weighted by Crippen LogP contribution is -2.27. The molecule has 18 heavy (non-hydrogen) atoms. The standard InChI is InChI=1S/C12H14FNO4/c1-7(12(17)18)5-6-14-11(16)10-8(13)3-2-4-9(10)15/h2-4,7,15H,5-6H2,1H3,(H,14,16)(H,17,18). The summed E-state index contributed by atoms with van der Waals surface area (Å²) in [5.41, 5.74) is -0.430. The molecule has 1 aromatic carbocycles.